The van der Waals surface area contributed by atoms with E-state index in [4.69, 9.17) is 27.9 Å². The van der Waals surface area contributed by atoms with Crippen molar-refractivity contribution in [3.8, 4) is 5.75 Å². The second kappa shape index (κ2) is 7.78. The summed E-state index contributed by atoms with van der Waals surface area (Å²) in [5.74, 6) is 2.42. The molecule has 0 spiro atoms. The lowest BCUT2D eigenvalue weighted by molar-refractivity contribution is 0.306. The minimum Gasteiger partial charge on any atom is -0.486 e. The maximum absolute atomic E-state index is 6.48. The molecular formula is C20H16Cl2N2OS. The Morgan fingerprint density at radius 1 is 1.12 bits per heavy atom. The van der Waals surface area contributed by atoms with E-state index in [0.717, 1.165) is 34.8 Å². The fraction of sp³-hybridized carbons (Fsp3) is 0.150. The predicted molar refractivity (Wildman–Crippen MR) is 111 cm³/mol. The molecule has 132 valence electrons. The molecule has 0 radical (unpaired) electrons. The molecule has 0 bridgehead atoms. The first kappa shape index (κ1) is 17.5. The van der Waals surface area contributed by atoms with Crippen molar-refractivity contribution in [2.24, 2.45) is 4.40 Å². The molecule has 0 fully saturated rings. The first-order valence-electron chi connectivity index (χ1n) is 8.24. The van der Waals surface area contributed by atoms with E-state index in [1.807, 2.05) is 60.8 Å². The molecule has 4 rings (SSSR count). The third-order valence-electron chi connectivity index (χ3n) is 4.15. The summed E-state index contributed by atoms with van der Waals surface area (Å²) >= 11 is 14.5. The highest BCUT2D eigenvalue weighted by Crippen LogP contribution is 2.38. The molecule has 0 N–H and O–H groups in total. The molecule has 2 aliphatic heterocycles. The molecule has 0 aromatic heterocycles. The Morgan fingerprint density at radius 3 is 2.65 bits per heavy atom. The number of fused-ring (bicyclic) bond motifs is 1. The van der Waals surface area contributed by atoms with Crippen molar-refractivity contribution < 1.29 is 4.74 Å². The number of nitrogens with zero attached hydrogens (tertiary/aromatic N) is 2. The van der Waals surface area contributed by atoms with Crippen molar-refractivity contribution in [2.45, 2.75) is 6.61 Å². The van der Waals surface area contributed by atoms with Crippen molar-refractivity contribution in [1.29, 1.82) is 0 Å². The lowest BCUT2D eigenvalue weighted by atomic mass is 10.0. The Hall–Kier alpha value is -1.88. The summed E-state index contributed by atoms with van der Waals surface area (Å²) in [6.07, 6.45) is 6.10. The molecule has 6 heteroatoms. The van der Waals surface area contributed by atoms with Crippen LogP contribution in [0.25, 0.3) is 5.57 Å². The summed E-state index contributed by atoms with van der Waals surface area (Å²) in [7, 11) is 0. The van der Waals surface area contributed by atoms with Crippen LogP contribution in [-0.4, -0.2) is 23.0 Å². The van der Waals surface area contributed by atoms with Crippen molar-refractivity contribution in [3.63, 3.8) is 0 Å². The second-order valence-corrected chi connectivity index (χ2v) is 7.57. The fourth-order valence-electron chi connectivity index (χ4n) is 2.88. The van der Waals surface area contributed by atoms with Crippen LogP contribution in [0.1, 0.15) is 11.1 Å². The summed E-state index contributed by atoms with van der Waals surface area (Å²) < 4.78 is 10.4. The zero-order valence-corrected chi connectivity index (χ0v) is 16.2. The van der Waals surface area contributed by atoms with E-state index >= 15 is 0 Å². The molecule has 0 atom stereocenters. The standard InChI is InChI=1S/C20H16Cl2N2OS/c21-17-11-15(16-7-4-8-24-9-10-26-23-20(16)24)12-18(22)19(17)25-13-14-5-2-1-3-6-14/h1-8,11-12H,9-10,13H2. The van der Waals surface area contributed by atoms with Gasteiger partial charge in [-0.1, -0.05) is 53.5 Å². The van der Waals surface area contributed by atoms with Gasteiger partial charge in [-0.15, -0.1) is 0 Å². The highest BCUT2D eigenvalue weighted by Gasteiger charge is 2.23. The maximum Gasteiger partial charge on any atom is 0.157 e. The quantitative estimate of drug-likeness (QED) is 0.599. The third-order valence-corrected chi connectivity index (χ3v) is 5.38. The first-order valence-corrected chi connectivity index (χ1v) is 9.94. The van der Waals surface area contributed by atoms with Crippen molar-refractivity contribution >= 4 is 46.6 Å². The second-order valence-electron chi connectivity index (χ2n) is 5.91. The Bertz CT molecular complexity index is 886. The van der Waals surface area contributed by atoms with Gasteiger partial charge in [0.2, 0.25) is 0 Å². The molecule has 2 aliphatic rings. The van der Waals surface area contributed by atoms with Gasteiger partial charge in [-0.3, -0.25) is 0 Å². The molecule has 0 saturated carbocycles. The largest absolute Gasteiger partial charge is 0.486 e. The lowest BCUT2D eigenvalue weighted by Crippen LogP contribution is -2.32. The van der Waals surface area contributed by atoms with E-state index in [9.17, 15) is 0 Å². The minimum absolute atomic E-state index is 0.419. The van der Waals surface area contributed by atoms with E-state index < -0.39 is 0 Å². The highest BCUT2D eigenvalue weighted by atomic mass is 35.5. The zero-order valence-electron chi connectivity index (χ0n) is 13.9. The average molecular weight is 403 g/mol. The van der Waals surface area contributed by atoms with Crippen LogP contribution in [-0.2, 0) is 6.61 Å². The average Bonchev–Trinajstić information content (AvgIpc) is 2.67. The fourth-order valence-corrected chi connectivity index (χ4v) is 4.17. The van der Waals surface area contributed by atoms with Gasteiger partial charge in [-0.05, 0) is 47.4 Å². The number of allylic oxidation sites excluding steroid dienone is 2. The molecular weight excluding hydrogens is 387 g/mol. The van der Waals surface area contributed by atoms with Crippen LogP contribution in [0.5, 0.6) is 5.75 Å². The van der Waals surface area contributed by atoms with Crippen LogP contribution in [0.3, 0.4) is 0 Å². The Balaban J connectivity index is 1.60. The number of halogens is 2. The smallest absolute Gasteiger partial charge is 0.157 e. The number of amidine groups is 1. The van der Waals surface area contributed by atoms with E-state index in [1.54, 1.807) is 11.9 Å². The number of ether oxygens (including phenoxy) is 1. The number of rotatable bonds is 4. The van der Waals surface area contributed by atoms with Crippen LogP contribution in [0.15, 0.2) is 65.2 Å². The highest BCUT2D eigenvalue weighted by molar-refractivity contribution is 7.98. The molecule has 3 nitrogen and oxygen atoms in total. The van der Waals surface area contributed by atoms with Gasteiger partial charge in [-0.2, -0.15) is 4.40 Å². The minimum atomic E-state index is 0.419. The van der Waals surface area contributed by atoms with Crippen molar-refractivity contribution in [2.75, 3.05) is 12.3 Å². The van der Waals surface area contributed by atoms with Crippen LogP contribution in [0.2, 0.25) is 10.0 Å². The van der Waals surface area contributed by atoms with Gasteiger partial charge in [0.15, 0.2) is 5.75 Å². The first-order chi connectivity index (χ1) is 12.7. The Kier molecular flexibility index (Phi) is 5.25. The third kappa shape index (κ3) is 3.63. The normalized spacial score (nSPS) is 16.0. The number of hydrogen-bond donors (Lipinski definition) is 0. The van der Waals surface area contributed by atoms with Crippen LogP contribution in [0, 0.1) is 0 Å². The summed E-state index contributed by atoms with van der Waals surface area (Å²) in [6, 6.07) is 13.7. The molecule has 2 aromatic carbocycles. The summed E-state index contributed by atoms with van der Waals surface area (Å²) in [5.41, 5.74) is 3.01. The molecule has 0 saturated heterocycles. The SMILES string of the molecule is Clc1cc(C2=CC=CN3CCSN=C23)cc(Cl)c1OCc1ccccc1. The van der Waals surface area contributed by atoms with E-state index in [2.05, 4.69) is 9.30 Å². The molecule has 2 heterocycles. The van der Waals surface area contributed by atoms with Crippen molar-refractivity contribution in [3.05, 3.63) is 82.0 Å². The monoisotopic (exact) mass is 402 g/mol. The van der Waals surface area contributed by atoms with Gasteiger partial charge in [0.25, 0.3) is 0 Å². The summed E-state index contributed by atoms with van der Waals surface area (Å²) in [4.78, 5) is 2.15. The summed E-state index contributed by atoms with van der Waals surface area (Å²) in [5, 5.41) is 0.990. The van der Waals surface area contributed by atoms with E-state index in [-0.39, 0.29) is 0 Å². The van der Waals surface area contributed by atoms with Crippen LogP contribution >= 0.6 is 35.1 Å². The number of hydrogen-bond acceptors (Lipinski definition) is 4. The molecule has 0 unspecified atom stereocenters. The Morgan fingerprint density at radius 2 is 1.88 bits per heavy atom. The Labute approximate surface area is 167 Å². The van der Waals surface area contributed by atoms with E-state index in [1.165, 1.54) is 0 Å². The zero-order chi connectivity index (χ0) is 17.9. The molecule has 26 heavy (non-hydrogen) atoms. The summed E-state index contributed by atoms with van der Waals surface area (Å²) in [6.45, 7) is 1.36. The number of benzene rings is 2. The van der Waals surface area contributed by atoms with Crippen molar-refractivity contribution in [1.82, 2.24) is 4.90 Å². The predicted octanol–water partition coefficient (Wildman–Crippen LogP) is 5.85. The van der Waals surface area contributed by atoms with Gasteiger partial charge in [0.1, 0.15) is 12.4 Å². The molecule has 0 aliphatic carbocycles. The van der Waals surface area contributed by atoms with E-state index in [0.29, 0.717) is 22.4 Å². The van der Waals surface area contributed by atoms with Gasteiger partial charge in [-0.25, -0.2) is 0 Å². The van der Waals surface area contributed by atoms with Gasteiger partial charge in [0.05, 0.1) is 10.0 Å². The lowest BCUT2D eigenvalue weighted by Gasteiger charge is -2.29. The van der Waals surface area contributed by atoms with Crippen LogP contribution < -0.4 is 4.74 Å². The van der Waals surface area contributed by atoms with Gasteiger partial charge in [0, 0.05) is 24.1 Å². The topological polar surface area (TPSA) is 24.8 Å². The van der Waals surface area contributed by atoms with Crippen LogP contribution in [0.4, 0.5) is 0 Å². The maximum atomic E-state index is 6.48. The molecule has 2 aromatic rings. The molecule has 0 amide bonds. The van der Waals surface area contributed by atoms with Gasteiger partial charge >= 0.3 is 0 Å². The van der Waals surface area contributed by atoms with Gasteiger partial charge < -0.3 is 9.64 Å².